The third-order valence-electron chi connectivity index (χ3n) is 4.13. The molecule has 1 heterocycles. The van der Waals surface area contributed by atoms with Gasteiger partial charge in [0, 0.05) is 24.1 Å². The first-order valence-corrected chi connectivity index (χ1v) is 7.17. The Balaban J connectivity index is 1.71. The SMILES string of the molecule is CC1(C)CCC(Nc2ccc(-n3cc[nH]c3=O)cc2)C1. The average Bonchev–Trinajstić information content (AvgIpc) is 2.97. The van der Waals surface area contributed by atoms with Crippen LogP contribution in [0, 0.1) is 5.41 Å². The molecular formula is C16H21N3O. The summed E-state index contributed by atoms with van der Waals surface area (Å²) in [5.41, 5.74) is 2.35. The largest absolute Gasteiger partial charge is 0.382 e. The summed E-state index contributed by atoms with van der Waals surface area (Å²) in [4.78, 5) is 14.2. The van der Waals surface area contributed by atoms with Crippen LogP contribution in [0.4, 0.5) is 5.69 Å². The molecule has 1 fully saturated rings. The molecule has 0 radical (unpaired) electrons. The molecule has 1 saturated carbocycles. The van der Waals surface area contributed by atoms with Gasteiger partial charge in [-0.25, -0.2) is 4.79 Å². The Morgan fingerprint density at radius 1 is 1.30 bits per heavy atom. The fourth-order valence-electron chi connectivity index (χ4n) is 3.04. The maximum absolute atomic E-state index is 11.5. The van der Waals surface area contributed by atoms with E-state index < -0.39 is 0 Å². The quantitative estimate of drug-likeness (QED) is 0.901. The minimum atomic E-state index is -0.108. The highest BCUT2D eigenvalue weighted by atomic mass is 16.1. The van der Waals surface area contributed by atoms with Crippen LogP contribution in [-0.4, -0.2) is 15.6 Å². The Bertz CT molecular complexity index is 636. The lowest BCUT2D eigenvalue weighted by molar-refractivity contribution is 0.378. The Morgan fingerprint density at radius 2 is 2.05 bits per heavy atom. The summed E-state index contributed by atoms with van der Waals surface area (Å²) in [5, 5.41) is 3.59. The van der Waals surface area contributed by atoms with Gasteiger partial charge in [0.15, 0.2) is 0 Å². The highest BCUT2D eigenvalue weighted by Gasteiger charge is 2.30. The van der Waals surface area contributed by atoms with Gasteiger partial charge in [-0.05, 0) is 48.9 Å². The van der Waals surface area contributed by atoms with Crippen molar-refractivity contribution in [3.63, 3.8) is 0 Å². The molecule has 20 heavy (non-hydrogen) atoms. The number of anilines is 1. The first-order chi connectivity index (χ1) is 9.53. The van der Waals surface area contributed by atoms with E-state index in [-0.39, 0.29) is 5.69 Å². The standard InChI is InChI=1S/C16H21N3O/c1-16(2)8-7-13(11-16)18-12-3-5-14(6-4-12)19-10-9-17-15(19)20/h3-6,9-10,13,18H,7-8,11H2,1-2H3,(H,17,20). The van der Waals surface area contributed by atoms with E-state index >= 15 is 0 Å². The van der Waals surface area contributed by atoms with Gasteiger partial charge in [0.1, 0.15) is 0 Å². The molecule has 0 saturated heterocycles. The monoisotopic (exact) mass is 271 g/mol. The summed E-state index contributed by atoms with van der Waals surface area (Å²) in [5.74, 6) is 0. The van der Waals surface area contributed by atoms with Crippen LogP contribution in [0.15, 0.2) is 41.5 Å². The number of imidazole rings is 1. The summed E-state index contributed by atoms with van der Waals surface area (Å²) in [6, 6.07) is 8.58. The van der Waals surface area contributed by atoms with Crippen molar-refractivity contribution in [3.05, 3.63) is 47.1 Å². The molecule has 0 spiro atoms. The van der Waals surface area contributed by atoms with Gasteiger partial charge >= 0.3 is 5.69 Å². The third kappa shape index (κ3) is 2.64. The number of aromatic amines is 1. The molecule has 4 nitrogen and oxygen atoms in total. The van der Waals surface area contributed by atoms with Crippen LogP contribution in [0.2, 0.25) is 0 Å². The summed E-state index contributed by atoms with van der Waals surface area (Å²) in [7, 11) is 0. The van der Waals surface area contributed by atoms with Crippen molar-refractivity contribution in [3.8, 4) is 5.69 Å². The predicted octanol–water partition coefficient (Wildman–Crippen LogP) is 3.16. The Kier molecular flexibility index (Phi) is 3.16. The molecule has 1 aromatic carbocycles. The first kappa shape index (κ1) is 13.0. The molecule has 1 unspecified atom stereocenters. The number of H-pyrrole nitrogens is 1. The second-order valence-corrected chi connectivity index (χ2v) is 6.43. The van der Waals surface area contributed by atoms with Gasteiger partial charge in [0.2, 0.25) is 0 Å². The van der Waals surface area contributed by atoms with Crippen LogP contribution in [0.5, 0.6) is 0 Å². The lowest BCUT2D eigenvalue weighted by Crippen LogP contribution is -2.17. The summed E-state index contributed by atoms with van der Waals surface area (Å²) in [6.45, 7) is 4.66. The number of nitrogens with zero attached hydrogens (tertiary/aromatic N) is 1. The molecule has 1 aromatic heterocycles. The zero-order valence-corrected chi connectivity index (χ0v) is 12.0. The third-order valence-corrected chi connectivity index (χ3v) is 4.13. The van der Waals surface area contributed by atoms with E-state index in [1.807, 2.05) is 24.3 Å². The second-order valence-electron chi connectivity index (χ2n) is 6.43. The van der Waals surface area contributed by atoms with E-state index in [1.54, 1.807) is 17.0 Å². The molecule has 2 N–H and O–H groups in total. The highest BCUT2D eigenvalue weighted by Crippen LogP contribution is 2.38. The number of rotatable bonds is 3. The van der Waals surface area contributed by atoms with Crippen molar-refractivity contribution in [2.24, 2.45) is 5.41 Å². The lowest BCUT2D eigenvalue weighted by Gasteiger charge is -2.18. The van der Waals surface area contributed by atoms with E-state index in [4.69, 9.17) is 0 Å². The van der Waals surface area contributed by atoms with Crippen molar-refractivity contribution < 1.29 is 0 Å². The van der Waals surface area contributed by atoms with E-state index in [2.05, 4.69) is 24.1 Å². The maximum Gasteiger partial charge on any atom is 0.330 e. The highest BCUT2D eigenvalue weighted by molar-refractivity contribution is 5.49. The minimum Gasteiger partial charge on any atom is -0.382 e. The van der Waals surface area contributed by atoms with Crippen LogP contribution in [-0.2, 0) is 0 Å². The van der Waals surface area contributed by atoms with Gasteiger partial charge in [0.25, 0.3) is 0 Å². The number of aromatic nitrogens is 2. The van der Waals surface area contributed by atoms with E-state index in [0.717, 1.165) is 11.4 Å². The predicted molar refractivity (Wildman–Crippen MR) is 81.4 cm³/mol. The smallest absolute Gasteiger partial charge is 0.330 e. The Hall–Kier alpha value is -1.97. The number of hydrogen-bond donors (Lipinski definition) is 2. The topological polar surface area (TPSA) is 49.8 Å². The zero-order chi connectivity index (χ0) is 14.2. The normalized spacial score (nSPS) is 21.0. The Labute approximate surface area is 118 Å². The molecular weight excluding hydrogens is 250 g/mol. The fourth-order valence-corrected chi connectivity index (χ4v) is 3.04. The van der Waals surface area contributed by atoms with Crippen molar-refractivity contribution in [1.29, 1.82) is 0 Å². The van der Waals surface area contributed by atoms with Gasteiger partial charge < -0.3 is 10.3 Å². The van der Waals surface area contributed by atoms with Crippen LogP contribution < -0.4 is 11.0 Å². The van der Waals surface area contributed by atoms with Crippen molar-refractivity contribution in [1.82, 2.24) is 9.55 Å². The average molecular weight is 271 g/mol. The van der Waals surface area contributed by atoms with Crippen LogP contribution in [0.3, 0.4) is 0 Å². The minimum absolute atomic E-state index is 0.108. The number of benzene rings is 1. The molecule has 4 heteroatoms. The van der Waals surface area contributed by atoms with Crippen LogP contribution >= 0.6 is 0 Å². The lowest BCUT2D eigenvalue weighted by atomic mass is 9.92. The van der Waals surface area contributed by atoms with Crippen molar-refractivity contribution in [2.75, 3.05) is 5.32 Å². The summed E-state index contributed by atoms with van der Waals surface area (Å²) < 4.78 is 1.60. The van der Waals surface area contributed by atoms with Gasteiger partial charge in [-0.2, -0.15) is 0 Å². The number of hydrogen-bond acceptors (Lipinski definition) is 2. The maximum atomic E-state index is 11.5. The van der Waals surface area contributed by atoms with E-state index in [1.165, 1.54) is 19.3 Å². The van der Waals surface area contributed by atoms with Gasteiger partial charge in [-0.3, -0.25) is 4.57 Å². The van der Waals surface area contributed by atoms with Crippen molar-refractivity contribution in [2.45, 2.75) is 39.2 Å². The molecule has 3 rings (SSSR count). The van der Waals surface area contributed by atoms with Gasteiger partial charge in [-0.1, -0.05) is 13.8 Å². The van der Waals surface area contributed by atoms with E-state index in [0.29, 0.717) is 11.5 Å². The fraction of sp³-hybridized carbons (Fsp3) is 0.438. The van der Waals surface area contributed by atoms with E-state index in [9.17, 15) is 4.79 Å². The second kappa shape index (κ2) is 4.85. The molecule has 0 aliphatic heterocycles. The molecule has 2 aromatic rings. The summed E-state index contributed by atoms with van der Waals surface area (Å²) in [6.07, 6.45) is 7.11. The molecule has 1 atom stereocenters. The van der Waals surface area contributed by atoms with Crippen LogP contribution in [0.25, 0.3) is 5.69 Å². The summed E-state index contributed by atoms with van der Waals surface area (Å²) >= 11 is 0. The molecule has 1 aliphatic rings. The zero-order valence-electron chi connectivity index (χ0n) is 12.0. The van der Waals surface area contributed by atoms with Gasteiger partial charge in [-0.15, -0.1) is 0 Å². The number of nitrogens with one attached hydrogen (secondary N) is 2. The molecule has 1 aliphatic carbocycles. The molecule has 106 valence electrons. The van der Waals surface area contributed by atoms with Crippen molar-refractivity contribution >= 4 is 5.69 Å². The van der Waals surface area contributed by atoms with Gasteiger partial charge in [0.05, 0.1) is 5.69 Å². The first-order valence-electron chi connectivity index (χ1n) is 7.17. The molecule has 0 amide bonds. The Morgan fingerprint density at radius 3 is 2.60 bits per heavy atom. The molecule has 0 bridgehead atoms. The van der Waals surface area contributed by atoms with Crippen LogP contribution in [0.1, 0.15) is 33.1 Å².